The number of amides is 1. The molecule has 1 fully saturated rings. The van der Waals surface area contributed by atoms with E-state index in [-0.39, 0.29) is 25.4 Å². The summed E-state index contributed by atoms with van der Waals surface area (Å²) in [7, 11) is -3.61. The fourth-order valence-corrected chi connectivity index (χ4v) is 3.43. The van der Waals surface area contributed by atoms with Gasteiger partial charge in [-0.25, -0.2) is 22.3 Å². The smallest absolute Gasteiger partial charge is 0.414 e. The maximum absolute atomic E-state index is 12.8. The summed E-state index contributed by atoms with van der Waals surface area (Å²) in [6, 6.07) is 14.3. The van der Waals surface area contributed by atoms with E-state index in [9.17, 15) is 17.6 Å². The standard InChI is InChI=1S/C18H19FN2O5S/c19-14-6-8-16(9-7-14)25-10-11-27(23,24)20-12-17-13-21(18(22)26-17)15-4-2-1-3-5-15/h1-9,17,20H,10-13H2. The Hall–Kier alpha value is -2.65. The number of carbonyl (C=O) groups is 1. The summed E-state index contributed by atoms with van der Waals surface area (Å²) in [4.78, 5) is 13.4. The molecule has 1 saturated heterocycles. The van der Waals surface area contributed by atoms with Gasteiger partial charge in [0.25, 0.3) is 0 Å². The zero-order valence-corrected chi connectivity index (χ0v) is 15.2. The van der Waals surface area contributed by atoms with E-state index in [0.717, 1.165) is 0 Å². The summed E-state index contributed by atoms with van der Waals surface area (Å²) < 4.78 is 49.8. The lowest BCUT2D eigenvalue weighted by Gasteiger charge is -2.13. The van der Waals surface area contributed by atoms with Gasteiger partial charge in [0.05, 0.1) is 12.3 Å². The van der Waals surface area contributed by atoms with Crippen molar-refractivity contribution in [3.05, 3.63) is 60.4 Å². The Labute approximate surface area is 156 Å². The van der Waals surface area contributed by atoms with Gasteiger partial charge in [-0.2, -0.15) is 0 Å². The van der Waals surface area contributed by atoms with E-state index in [2.05, 4.69) is 4.72 Å². The number of hydrogen-bond donors (Lipinski definition) is 1. The predicted octanol–water partition coefficient (Wildman–Crippen LogP) is 2.15. The van der Waals surface area contributed by atoms with Crippen molar-refractivity contribution in [3.63, 3.8) is 0 Å². The zero-order valence-electron chi connectivity index (χ0n) is 14.4. The molecule has 0 aliphatic carbocycles. The minimum atomic E-state index is -3.61. The van der Waals surface area contributed by atoms with E-state index in [0.29, 0.717) is 11.4 Å². The SMILES string of the molecule is O=C1OC(CNS(=O)(=O)CCOc2ccc(F)cc2)CN1c1ccccc1. The number of benzene rings is 2. The molecule has 27 heavy (non-hydrogen) atoms. The molecule has 0 radical (unpaired) electrons. The van der Waals surface area contributed by atoms with Gasteiger partial charge in [0.1, 0.15) is 24.3 Å². The monoisotopic (exact) mass is 394 g/mol. The lowest BCUT2D eigenvalue weighted by atomic mass is 10.3. The summed E-state index contributed by atoms with van der Waals surface area (Å²) in [5.41, 5.74) is 0.695. The van der Waals surface area contributed by atoms with Crippen molar-refractivity contribution in [2.24, 2.45) is 0 Å². The van der Waals surface area contributed by atoms with Crippen LogP contribution in [0.5, 0.6) is 5.75 Å². The highest BCUT2D eigenvalue weighted by Crippen LogP contribution is 2.20. The molecule has 0 saturated carbocycles. The number of cyclic esters (lactones) is 1. The number of carbonyl (C=O) groups excluding carboxylic acids is 1. The van der Waals surface area contributed by atoms with Crippen LogP contribution in [-0.4, -0.2) is 46.1 Å². The molecule has 1 heterocycles. The van der Waals surface area contributed by atoms with Crippen LogP contribution in [0.3, 0.4) is 0 Å². The Morgan fingerprint density at radius 2 is 1.85 bits per heavy atom. The van der Waals surface area contributed by atoms with E-state index in [1.807, 2.05) is 6.07 Å². The van der Waals surface area contributed by atoms with Gasteiger partial charge in [0, 0.05) is 12.2 Å². The van der Waals surface area contributed by atoms with Crippen molar-refractivity contribution in [1.82, 2.24) is 4.72 Å². The molecule has 1 amide bonds. The molecule has 144 valence electrons. The summed E-state index contributed by atoms with van der Waals surface area (Å²) in [5, 5.41) is 0. The van der Waals surface area contributed by atoms with Gasteiger partial charge in [0.2, 0.25) is 10.0 Å². The molecule has 1 atom stereocenters. The number of nitrogens with zero attached hydrogens (tertiary/aromatic N) is 1. The van der Waals surface area contributed by atoms with Crippen LogP contribution < -0.4 is 14.4 Å². The highest BCUT2D eigenvalue weighted by Gasteiger charge is 2.32. The molecule has 9 heteroatoms. The second-order valence-electron chi connectivity index (χ2n) is 5.92. The van der Waals surface area contributed by atoms with E-state index < -0.39 is 28.0 Å². The molecule has 1 aliphatic rings. The van der Waals surface area contributed by atoms with E-state index in [1.165, 1.54) is 29.2 Å². The molecule has 3 rings (SSSR count). The average Bonchev–Trinajstić information content (AvgIpc) is 3.03. The van der Waals surface area contributed by atoms with Gasteiger partial charge >= 0.3 is 6.09 Å². The third kappa shape index (κ3) is 5.41. The minimum absolute atomic E-state index is 0.0199. The van der Waals surface area contributed by atoms with Crippen LogP contribution in [0.2, 0.25) is 0 Å². The van der Waals surface area contributed by atoms with Gasteiger partial charge in [-0.1, -0.05) is 18.2 Å². The highest BCUT2D eigenvalue weighted by molar-refractivity contribution is 7.89. The molecular formula is C18H19FN2O5S. The number of anilines is 1. The Balaban J connectivity index is 1.45. The average molecular weight is 394 g/mol. The third-order valence-corrected chi connectivity index (χ3v) is 5.22. The Bertz CT molecular complexity index is 874. The number of halogens is 1. The molecule has 1 N–H and O–H groups in total. The van der Waals surface area contributed by atoms with Crippen LogP contribution in [0.1, 0.15) is 0 Å². The molecule has 0 bridgehead atoms. The number of nitrogens with one attached hydrogen (secondary N) is 1. The topological polar surface area (TPSA) is 84.9 Å². The van der Waals surface area contributed by atoms with Crippen molar-refractivity contribution < 1.29 is 27.1 Å². The summed E-state index contributed by atoms with van der Waals surface area (Å²) in [6.45, 7) is 0.160. The predicted molar refractivity (Wildman–Crippen MR) is 97.7 cm³/mol. The molecule has 0 aromatic heterocycles. The Kier molecular flexibility index (Phi) is 5.92. The molecule has 7 nitrogen and oxygen atoms in total. The number of sulfonamides is 1. The van der Waals surface area contributed by atoms with Gasteiger partial charge in [0.15, 0.2) is 0 Å². The second kappa shape index (κ2) is 8.36. The lowest BCUT2D eigenvalue weighted by Crippen LogP contribution is -2.37. The number of hydrogen-bond acceptors (Lipinski definition) is 5. The van der Waals surface area contributed by atoms with Crippen LogP contribution in [0.15, 0.2) is 54.6 Å². The quantitative estimate of drug-likeness (QED) is 0.742. The van der Waals surface area contributed by atoms with Gasteiger partial charge in [-0.05, 0) is 36.4 Å². The number of ether oxygens (including phenoxy) is 2. The number of para-hydroxylation sites is 1. The van der Waals surface area contributed by atoms with Crippen LogP contribution in [0.4, 0.5) is 14.9 Å². The van der Waals surface area contributed by atoms with Gasteiger partial charge in [-0.15, -0.1) is 0 Å². The molecule has 0 spiro atoms. The van der Waals surface area contributed by atoms with Crippen LogP contribution in [0.25, 0.3) is 0 Å². The van der Waals surface area contributed by atoms with Crippen LogP contribution >= 0.6 is 0 Å². The summed E-state index contributed by atoms with van der Waals surface area (Å²) >= 11 is 0. The Morgan fingerprint density at radius 1 is 1.15 bits per heavy atom. The van der Waals surface area contributed by atoms with Crippen LogP contribution in [0, 0.1) is 5.82 Å². The van der Waals surface area contributed by atoms with E-state index in [1.54, 1.807) is 24.3 Å². The largest absolute Gasteiger partial charge is 0.492 e. The van der Waals surface area contributed by atoms with E-state index in [4.69, 9.17) is 9.47 Å². The first-order chi connectivity index (χ1) is 12.9. The summed E-state index contributed by atoms with van der Waals surface area (Å²) in [6.07, 6.45) is -1.09. The van der Waals surface area contributed by atoms with Crippen molar-refractivity contribution in [2.45, 2.75) is 6.10 Å². The molecule has 1 unspecified atom stereocenters. The zero-order chi connectivity index (χ0) is 19.3. The first-order valence-electron chi connectivity index (χ1n) is 8.32. The third-order valence-electron chi connectivity index (χ3n) is 3.91. The molecule has 1 aliphatic heterocycles. The van der Waals surface area contributed by atoms with Crippen molar-refractivity contribution in [1.29, 1.82) is 0 Å². The van der Waals surface area contributed by atoms with Crippen molar-refractivity contribution >= 4 is 21.8 Å². The van der Waals surface area contributed by atoms with Crippen molar-refractivity contribution in [3.8, 4) is 5.75 Å². The maximum Gasteiger partial charge on any atom is 0.414 e. The van der Waals surface area contributed by atoms with Crippen molar-refractivity contribution in [2.75, 3.05) is 30.3 Å². The van der Waals surface area contributed by atoms with Crippen LogP contribution in [-0.2, 0) is 14.8 Å². The molecule has 2 aromatic rings. The first kappa shape index (κ1) is 19.1. The highest BCUT2D eigenvalue weighted by atomic mass is 32.2. The first-order valence-corrected chi connectivity index (χ1v) is 9.97. The fourth-order valence-electron chi connectivity index (χ4n) is 2.54. The molecule has 2 aromatic carbocycles. The van der Waals surface area contributed by atoms with Gasteiger partial charge in [-0.3, -0.25) is 4.90 Å². The van der Waals surface area contributed by atoms with E-state index >= 15 is 0 Å². The minimum Gasteiger partial charge on any atom is -0.492 e. The normalized spacial score (nSPS) is 17.0. The maximum atomic E-state index is 12.8. The summed E-state index contributed by atoms with van der Waals surface area (Å²) in [5.74, 6) is -0.282. The molecular weight excluding hydrogens is 375 g/mol. The second-order valence-corrected chi connectivity index (χ2v) is 7.85. The Morgan fingerprint density at radius 3 is 2.56 bits per heavy atom. The van der Waals surface area contributed by atoms with Gasteiger partial charge < -0.3 is 9.47 Å². The fraction of sp³-hybridized carbons (Fsp3) is 0.278. The lowest BCUT2D eigenvalue weighted by molar-refractivity contribution is 0.143. The number of rotatable bonds is 8.